The van der Waals surface area contributed by atoms with Crippen LogP contribution in [0.5, 0.6) is 0 Å². The average molecular weight is 329 g/mol. The third-order valence-corrected chi connectivity index (χ3v) is 4.39. The molecule has 1 unspecified atom stereocenters. The highest BCUT2D eigenvalue weighted by Crippen LogP contribution is 2.30. The zero-order valence-corrected chi connectivity index (χ0v) is 13.1. The summed E-state index contributed by atoms with van der Waals surface area (Å²) in [5.74, 6) is 0.406. The van der Waals surface area contributed by atoms with E-state index < -0.39 is 0 Å². The van der Waals surface area contributed by atoms with Crippen molar-refractivity contribution in [2.45, 2.75) is 45.1 Å². The lowest BCUT2D eigenvalue weighted by Crippen LogP contribution is -2.35. The Morgan fingerprint density at radius 2 is 2.21 bits per heavy atom. The Labute approximate surface area is 122 Å². The molecule has 1 aromatic heterocycles. The lowest BCUT2D eigenvalue weighted by Gasteiger charge is -2.29. The van der Waals surface area contributed by atoms with Crippen LogP contribution in [-0.2, 0) is 11.8 Å². The zero-order valence-electron chi connectivity index (χ0n) is 11.6. The molecule has 1 saturated carbocycles. The molecule has 0 radical (unpaired) electrons. The Morgan fingerprint density at radius 1 is 1.53 bits per heavy atom. The Kier molecular flexibility index (Phi) is 5.16. The van der Waals surface area contributed by atoms with E-state index in [4.69, 9.17) is 4.74 Å². The quantitative estimate of drug-likeness (QED) is 0.778. The van der Waals surface area contributed by atoms with Crippen LogP contribution >= 0.6 is 15.9 Å². The van der Waals surface area contributed by atoms with Crippen molar-refractivity contribution in [3.8, 4) is 0 Å². The van der Waals surface area contributed by atoms with E-state index in [0.717, 1.165) is 17.3 Å². The van der Waals surface area contributed by atoms with Gasteiger partial charge in [0.15, 0.2) is 0 Å². The summed E-state index contributed by atoms with van der Waals surface area (Å²) in [6.07, 6.45) is 7.20. The fourth-order valence-corrected chi connectivity index (χ4v) is 3.41. The average Bonchev–Trinajstić information content (AvgIpc) is 2.76. The van der Waals surface area contributed by atoms with Gasteiger partial charge in [-0.3, -0.25) is 9.48 Å². The molecular weight excluding hydrogens is 308 g/mol. The fraction of sp³-hybridized carbons (Fsp3) is 0.714. The standard InChI is InChI=1S/C14H21BrN2O2/c1-3-19-14(10-7-5-4-6-8-10)13(18)12-11(15)9-16-17(12)2/h9-10,14H,3-8H2,1-2H3. The van der Waals surface area contributed by atoms with Crippen LogP contribution in [-0.4, -0.2) is 28.3 Å². The molecule has 1 aliphatic carbocycles. The van der Waals surface area contributed by atoms with Gasteiger partial charge in [0.05, 0.1) is 10.7 Å². The minimum absolute atomic E-state index is 0.0561. The smallest absolute Gasteiger partial charge is 0.210 e. The second kappa shape index (κ2) is 6.66. The molecule has 0 aromatic carbocycles. The van der Waals surface area contributed by atoms with Gasteiger partial charge in [-0.05, 0) is 41.6 Å². The van der Waals surface area contributed by atoms with Crippen molar-refractivity contribution in [1.29, 1.82) is 0 Å². The summed E-state index contributed by atoms with van der Waals surface area (Å²) in [4.78, 5) is 12.7. The third kappa shape index (κ3) is 3.26. The SMILES string of the molecule is CCOC(C(=O)c1c(Br)cnn1C)C1CCCCC1. The lowest BCUT2D eigenvalue weighted by molar-refractivity contribution is 0.0119. The van der Waals surface area contributed by atoms with Gasteiger partial charge in [0.1, 0.15) is 11.8 Å². The Morgan fingerprint density at radius 3 is 2.74 bits per heavy atom. The number of ether oxygens (including phenoxy) is 1. The monoisotopic (exact) mass is 328 g/mol. The van der Waals surface area contributed by atoms with Crippen molar-refractivity contribution in [2.24, 2.45) is 13.0 Å². The number of carbonyl (C=O) groups is 1. The van der Waals surface area contributed by atoms with Crippen LogP contribution in [0.25, 0.3) is 0 Å². The summed E-state index contributed by atoms with van der Waals surface area (Å²) >= 11 is 3.40. The van der Waals surface area contributed by atoms with Gasteiger partial charge in [0.2, 0.25) is 5.78 Å². The molecule has 0 spiro atoms. The summed E-state index contributed by atoms with van der Waals surface area (Å²) in [6.45, 7) is 2.52. The van der Waals surface area contributed by atoms with E-state index in [1.54, 1.807) is 17.9 Å². The van der Waals surface area contributed by atoms with Crippen LogP contribution < -0.4 is 0 Å². The molecule has 1 aromatic rings. The van der Waals surface area contributed by atoms with Crippen molar-refractivity contribution in [3.63, 3.8) is 0 Å². The van der Waals surface area contributed by atoms with Gasteiger partial charge < -0.3 is 4.74 Å². The Bertz CT molecular complexity index is 419. The van der Waals surface area contributed by atoms with Crippen molar-refractivity contribution in [1.82, 2.24) is 9.78 Å². The van der Waals surface area contributed by atoms with E-state index in [1.165, 1.54) is 19.3 Å². The van der Waals surface area contributed by atoms with Crippen LogP contribution in [0.15, 0.2) is 10.7 Å². The molecular formula is C14H21BrN2O2. The zero-order chi connectivity index (χ0) is 13.8. The van der Waals surface area contributed by atoms with Gasteiger partial charge in [0.25, 0.3) is 0 Å². The van der Waals surface area contributed by atoms with Crippen LogP contribution in [0, 0.1) is 5.92 Å². The summed E-state index contributed by atoms with van der Waals surface area (Å²) in [6, 6.07) is 0. The predicted octanol–water partition coefficient (Wildman–Crippen LogP) is 3.35. The second-order valence-electron chi connectivity index (χ2n) is 5.10. The highest BCUT2D eigenvalue weighted by molar-refractivity contribution is 9.10. The first kappa shape index (κ1) is 14.7. The summed E-state index contributed by atoms with van der Waals surface area (Å²) in [5.41, 5.74) is 0.615. The van der Waals surface area contributed by atoms with E-state index in [-0.39, 0.29) is 11.9 Å². The first-order valence-corrected chi connectivity index (χ1v) is 7.77. The summed E-state index contributed by atoms with van der Waals surface area (Å²) in [5, 5.41) is 4.12. The fourth-order valence-electron chi connectivity index (χ4n) is 2.86. The second-order valence-corrected chi connectivity index (χ2v) is 5.96. The molecule has 1 heterocycles. The highest BCUT2D eigenvalue weighted by Gasteiger charge is 2.33. The molecule has 0 aliphatic heterocycles. The Balaban J connectivity index is 2.20. The first-order chi connectivity index (χ1) is 9.15. The molecule has 106 valence electrons. The number of aromatic nitrogens is 2. The molecule has 0 saturated heterocycles. The number of rotatable bonds is 5. The van der Waals surface area contributed by atoms with Gasteiger partial charge in [-0.25, -0.2) is 0 Å². The van der Waals surface area contributed by atoms with Crippen LogP contribution in [0.4, 0.5) is 0 Å². The number of Topliss-reactive ketones (excluding diaryl/α,β-unsaturated/α-hetero) is 1. The van der Waals surface area contributed by atoms with Crippen LogP contribution in [0.1, 0.15) is 49.5 Å². The number of halogens is 1. The van der Waals surface area contributed by atoms with E-state index in [9.17, 15) is 4.79 Å². The van der Waals surface area contributed by atoms with Crippen molar-refractivity contribution in [3.05, 3.63) is 16.4 Å². The molecule has 0 bridgehead atoms. The highest BCUT2D eigenvalue weighted by atomic mass is 79.9. The number of ketones is 1. The molecule has 19 heavy (non-hydrogen) atoms. The van der Waals surface area contributed by atoms with Gasteiger partial charge in [-0.2, -0.15) is 5.10 Å². The van der Waals surface area contributed by atoms with E-state index in [0.29, 0.717) is 18.2 Å². The van der Waals surface area contributed by atoms with E-state index in [2.05, 4.69) is 21.0 Å². The van der Waals surface area contributed by atoms with E-state index in [1.807, 2.05) is 6.92 Å². The minimum Gasteiger partial charge on any atom is -0.370 e. The topological polar surface area (TPSA) is 44.1 Å². The Hall–Kier alpha value is -0.680. The summed E-state index contributed by atoms with van der Waals surface area (Å²) < 4.78 is 8.14. The molecule has 2 rings (SSSR count). The van der Waals surface area contributed by atoms with Crippen LogP contribution in [0.2, 0.25) is 0 Å². The normalized spacial score (nSPS) is 18.5. The third-order valence-electron chi connectivity index (χ3n) is 3.81. The van der Waals surface area contributed by atoms with E-state index >= 15 is 0 Å². The van der Waals surface area contributed by atoms with Gasteiger partial charge in [0, 0.05) is 13.7 Å². The molecule has 4 nitrogen and oxygen atoms in total. The molecule has 1 atom stereocenters. The first-order valence-electron chi connectivity index (χ1n) is 6.98. The van der Waals surface area contributed by atoms with Crippen molar-refractivity contribution < 1.29 is 9.53 Å². The number of carbonyl (C=O) groups excluding carboxylic acids is 1. The molecule has 5 heteroatoms. The van der Waals surface area contributed by atoms with Gasteiger partial charge in [-0.1, -0.05) is 19.3 Å². The number of hydrogen-bond acceptors (Lipinski definition) is 3. The number of hydrogen-bond donors (Lipinski definition) is 0. The summed E-state index contributed by atoms with van der Waals surface area (Å²) in [7, 11) is 1.79. The minimum atomic E-state index is -0.322. The maximum absolute atomic E-state index is 12.7. The van der Waals surface area contributed by atoms with Crippen molar-refractivity contribution in [2.75, 3.05) is 6.61 Å². The molecule has 0 amide bonds. The molecule has 1 fully saturated rings. The predicted molar refractivity (Wildman–Crippen MR) is 77.2 cm³/mol. The van der Waals surface area contributed by atoms with Crippen molar-refractivity contribution >= 4 is 21.7 Å². The number of nitrogens with zero attached hydrogens (tertiary/aromatic N) is 2. The largest absolute Gasteiger partial charge is 0.370 e. The number of aryl methyl sites for hydroxylation is 1. The lowest BCUT2D eigenvalue weighted by atomic mass is 9.83. The maximum atomic E-state index is 12.7. The maximum Gasteiger partial charge on any atom is 0.210 e. The molecule has 1 aliphatic rings. The molecule has 0 N–H and O–H groups in total. The van der Waals surface area contributed by atoms with Gasteiger partial charge >= 0.3 is 0 Å². The van der Waals surface area contributed by atoms with Gasteiger partial charge in [-0.15, -0.1) is 0 Å². The van der Waals surface area contributed by atoms with Crippen LogP contribution in [0.3, 0.4) is 0 Å².